The monoisotopic (exact) mass is 389 g/mol. The molecule has 2 unspecified atom stereocenters. The molecule has 1 aliphatic heterocycles. The molecule has 2 atom stereocenters. The summed E-state index contributed by atoms with van der Waals surface area (Å²) in [6, 6.07) is 6.18. The molecule has 1 N–H and O–H groups in total. The first-order chi connectivity index (χ1) is 12.2. The number of aliphatic hydroxyl groups is 1. The van der Waals surface area contributed by atoms with Gasteiger partial charge in [0, 0.05) is 11.6 Å². The summed E-state index contributed by atoms with van der Waals surface area (Å²) >= 11 is 0. The Morgan fingerprint density at radius 1 is 1.27 bits per heavy atom. The quantitative estimate of drug-likeness (QED) is 0.800. The van der Waals surface area contributed by atoms with Crippen molar-refractivity contribution in [3.8, 4) is 17.6 Å². The highest BCUT2D eigenvalue weighted by atomic mass is 32.2. The fourth-order valence-electron chi connectivity index (χ4n) is 2.55. The molecule has 10 heteroatoms. The lowest BCUT2D eigenvalue weighted by molar-refractivity contribution is -0.0344. The highest BCUT2D eigenvalue weighted by Crippen LogP contribution is 2.51. The number of benzene rings is 2. The van der Waals surface area contributed by atoms with Crippen LogP contribution in [-0.2, 0) is 10.8 Å². The molecule has 0 spiro atoms. The Labute approximate surface area is 145 Å². The third-order valence-electron chi connectivity index (χ3n) is 3.68. The van der Waals surface area contributed by atoms with Gasteiger partial charge in [-0.05, 0) is 18.2 Å². The Morgan fingerprint density at radius 2 is 1.96 bits per heavy atom. The van der Waals surface area contributed by atoms with Crippen LogP contribution in [0, 0.1) is 17.1 Å². The second-order valence-corrected chi connectivity index (χ2v) is 6.81. The largest absolute Gasteiger partial charge is 0.457 e. The van der Waals surface area contributed by atoms with Crippen LogP contribution in [0.1, 0.15) is 29.2 Å². The van der Waals surface area contributed by atoms with E-state index in [1.807, 2.05) is 0 Å². The van der Waals surface area contributed by atoms with Gasteiger partial charge in [0.05, 0.1) is 22.1 Å². The first-order valence-electron chi connectivity index (χ1n) is 6.98. The molecule has 0 amide bonds. The molecule has 0 saturated carbocycles. The standard InChI is InChI=1S/C16H8F5NO3S/c17-8-3-7(6-22)4-9(5-8)25-11-2-1-10-13(12(11)15(18)19)26(24)16(20,21)14(10)23/h1-5,14-15,23H. The van der Waals surface area contributed by atoms with Crippen molar-refractivity contribution in [1.29, 1.82) is 5.26 Å². The van der Waals surface area contributed by atoms with Crippen LogP contribution in [-0.4, -0.2) is 14.6 Å². The van der Waals surface area contributed by atoms with E-state index in [0.717, 1.165) is 30.3 Å². The SMILES string of the molecule is N#Cc1cc(F)cc(Oc2ccc3c(c2C(F)F)S(=O)C(F)(F)C3O)c1. The normalized spacial score (nSPS) is 20.7. The van der Waals surface area contributed by atoms with Crippen molar-refractivity contribution < 1.29 is 36.0 Å². The average Bonchev–Trinajstić information content (AvgIpc) is 2.74. The third-order valence-corrected chi connectivity index (χ3v) is 5.22. The number of aliphatic hydroxyl groups excluding tert-OH is 1. The van der Waals surface area contributed by atoms with Crippen LogP contribution >= 0.6 is 0 Å². The topological polar surface area (TPSA) is 70.3 Å². The van der Waals surface area contributed by atoms with Crippen LogP contribution in [0.15, 0.2) is 35.2 Å². The van der Waals surface area contributed by atoms with Crippen molar-refractivity contribution in [2.45, 2.75) is 22.7 Å². The Bertz CT molecular complexity index is 958. The van der Waals surface area contributed by atoms with Gasteiger partial charge in [-0.1, -0.05) is 6.07 Å². The van der Waals surface area contributed by atoms with Crippen molar-refractivity contribution in [1.82, 2.24) is 0 Å². The molecule has 1 heterocycles. The summed E-state index contributed by atoms with van der Waals surface area (Å²) in [7, 11) is -3.22. The first kappa shape index (κ1) is 18.3. The minimum Gasteiger partial charge on any atom is -0.457 e. The van der Waals surface area contributed by atoms with E-state index in [2.05, 4.69) is 0 Å². The number of nitrogens with zero attached hydrogens (tertiary/aromatic N) is 1. The second kappa shape index (κ2) is 6.34. The van der Waals surface area contributed by atoms with E-state index in [1.165, 1.54) is 0 Å². The van der Waals surface area contributed by atoms with Gasteiger partial charge >= 0.3 is 5.25 Å². The molecule has 4 nitrogen and oxygen atoms in total. The van der Waals surface area contributed by atoms with Crippen LogP contribution in [0.25, 0.3) is 0 Å². The Hall–Kier alpha value is -2.51. The number of hydrogen-bond donors (Lipinski definition) is 1. The summed E-state index contributed by atoms with van der Waals surface area (Å²) in [5.41, 5.74) is -1.82. The zero-order valence-electron chi connectivity index (χ0n) is 12.6. The fraction of sp³-hybridized carbons (Fsp3) is 0.188. The van der Waals surface area contributed by atoms with Gasteiger partial charge in [-0.15, -0.1) is 0 Å². The van der Waals surface area contributed by atoms with Crippen LogP contribution < -0.4 is 4.74 Å². The lowest BCUT2D eigenvalue weighted by Gasteiger charge is -2.14. The van der Waals surface area contributed by atoms with Gasteiger partial charge < -0.3 is 9.84 Å². The van der Waals surface area contributed by atoms with Crippen LogP contribution in [0.3, 0.4) is 0 Å². The van der Waals surface area contributed by atoms with Crippen LogP contribution in [0.4, 0.5) is 22.0 Å². The van der Waals surface area contributed by atoms with Crippen molar-refractivity contribution in [3.63, 3.8) is 0 Å². The number of hydrogen-bond acceptors (Lipinski definition) is 4. The molecule has 0 aliphatic carbocycles. The molecular weight excluding hydrogens is 381 g/mol. The molecule has 3 rings (SSSR count). The fourth-order valence-corrected chi connectivity index (χ4v) is 3.93. The molecule has 26 heavy (non-hydrogen) atoms. The van der Waals surface area contributed by atoms with Crippen molar-refractivity contribution >= 4 is 10.8 Å². The second-order valence-electron chi connectivity index (χ2n) is 5.32. The predicted octanol–water partition coefficient (Wildman–Crippen LogP) is 4.17. The Morgan fingerprint density at radius 3 is 2.58 bits per heavy atom. The maximum atomic E-state index is 13.8. The van der Waals surface area contributed by atoms with E-state index >= 15 is 0 Å². The van der Waals surface area contributed by atoms with Gasteiger partial charge in [0.2, 0.25) is 0 Å². The maximum Gasteiger partial charge on any atom is 0.354 e. The highest BCUT2D eigenvalue weighted by molar-refractivity contribution is 7.86. The van der Waals surface area contributed by atoms with Gasteiger partial charge in [-0.3, -0.25) is 0 Å². The Kier molecular flexibility index (Phi) is 4.46. The molecule has 0 saturated heterocycles. The van der Waals surface area contributed by atoms with E-state index < -0.39 is 56.2 Å². The minimum atomic E-state index is -4.13. The average molecular weight is 389 g/mol. The lowest BCUT2D eigenvalue weighted by Crippen LogP contribution is -2.24. The third kappa shape index (κ3) is 2.83. The first-order valence-corrected chi connectivity index (χ1v) is 8.13. The zero-order chi connectivity index (χ0) is 19.2. The van der Waals surface area contributed by atoms with Crippen LogP contribution in [0.2, 0.25) is 0 Å². The molecule has 0 fully saturated rings. The highest BCUT2D eigenvalue weighted by Gasteiger charge is 2.56. The van der Waals surface area contributed by atoms with E-state index in [4.69, 9.17) is 10.00 Å². The van der Waals surface area contributed by atoms with Gasteiger partial charge in [-0.25, -0.2) is 17.4 Å². The number of rotatable bonds is 3. The number of fused-ring (bicyclic) bond motifs is 1. The van der Waals surface area contributed by atoms with Gasteiger partial charge in [-0.2, -0.15) is 14.0 Å². The number of ether oxygens (including phenoxy) is 1. The molecule has 0 radical (unpaired) electrons. The van der Waals surface area contributed by atoms with E-state index in [0.29, 0.717) is 0 Å². The zero-order valence-corrected chi connectivity index (χ0v) is 13.4. The molecule has 0 aromatic heterocycles. The summed E-state index contributed by atoms with van der Waals surface area (Å²) in [6.07, 6.45) is -5.85. The van der Waals surface area contributed by atoms with Crippen molar-refractivity contribution in [2.24, 2.45) is 0 Å². The van der Waals surface area contributed by atoms with Crippen molar-refractivity contribution in [3.05, 3.63) is 52.8 Å². The number of nitriles is 1. The smallest absolute Gasteiger partial charge is 0.354 e. The van der Waals surface area contributed by atoms with Gasteiger partial charge in [0.15, 0.2) is 6.10 Å². The summed E-state index contributed by atoms with van der Waals surface area (Å²) in [5.74, 6) is -1.82. The van der Waals surface area contributed by atoms with Crippen molar-refractivity contribution in [2.75, 3.05) is 0 Å². The van der Waals surface area contributed by atoms with E-state index in [1.54, 1.807) is 6.07 Å². The van der Waals surface area contributed by atoms with Crippen LogP contribution in [0.5, 0.6) is 11.5 Å². The number of halogens is 5. The van der Waals surface area contributed by atoms with Gasteiger partial charge in [0.25, 0.3) is 6.43 Å². The molecule has 136 valence electrons. The minimum absolute atomic E-state index is 0.148. The summed E-state index contributed by atoms with van der Waals surface area (Å²) in [5, 5.41) is 14.2. The lowest BCUT2D eigenvalue weighted by atomic mass is 10.1. The summed E-state index contributed by atoms with van der Waals surface area (Å²) in [6.45, 7) is 0. The van der Waals surface area contributed by atoms with Gasteiger partial charge in [0.1, 0.15) is 28.1 Å². The number of alkyl halides is 4. The molecule has 2 aromatic rings. The summed E-state index contributed by atoms with van der Waals surface area (Å²) < 4.78 is 85.0. The maximum absolute atomic E-state index is 13.8. The molecule has 1 aliphatic rings. The molecule has 2 aromatic carbocycles. The van der Waals surface area contributed by atoms with E-state index in [9.17, 15) is 31.3 Å². The molecular formula is C16H8F5NO3S. The predicted molar refractivity (Wildman–Crippen MR) is 78.9 cm³/mol. The van der Waals surface area contributed by atoms with E-state index in [-0.39, 0.29) is 11.3 Å². The summed E-state index contributed by atoms with van der Waals surface area (Å²) in [4.78, 5) is -0.910. The Balaban J connectivity index is 2.14. The molecule has 0 bridgehead atoms.